The minimum Gasteiger partial charge on any atom is -0.356 e. The number of hydrogen-bond acceptors (Lipinski definition) is 7. The molecule has 2 N–H and O–H groups in total. The lowest BCUT2D eigenvalue weighted by atomic mass is 9.96. The van der Waals surface area contributed by atoms with E-state index >= 15 is 0 Å². The first-order valence-corrected chi connectivity index (χ1v) is 11.2. The van der Waals surface area contributed by atoms with Crippen molar-refractivity contribution < 1.29 is 14.0 Å². The number of thiazole rings is 1. The van der Waals surface area contributed by atoms with E-state index < -0.39 is 11.7 Å². The number of aromatic nitrogens is 3. The third-order valence-electron chi connectivity index (χ3n) is 5.32. The van der Waals surface area contributed by atoms with Crippen molar-refractivity contribution in [3.8, 4) is 0 Å². The average Bonchev–Trinajstić information content (AvgIpc) is 3.23. The van der Waals surface area contributed by atoms with Gasteiger partial charge >= 0.3 is 0 Å². The Balaban J connectivity index is 1.46. The van der Waals surface area contributed by atoms with Crippen LogP contribution in [-0.4, -0.2) is 46.0 Å². The number of nitrogens with one attached hydrogen (secondary N) is 2. The zero-order chi connectivity index (χ0) is 22.7. The van der Waals surface area contributed by atoms with Gasteiger partial charge in [0, 0.05) is 25.6 Å². The molecule has 0 atom stereocenters. The molecule has 3 aromatic rings. The highest BCUT2D eigenvalue weighted by Crippen LogP contribution is 2.29. The predicted molar refractivity (Wildman–Crippen MR) is 120 cm³/mol. The van der Waals surface area contributed by atoms with E-state index in [4.69, 9.17) is 0 Å². The topological polar surface area (TPSA) is 109 Å². The van der Waals surface area contributed by atoms with Crippen molar-refractivity contribution >= 4 is 44.3 Å². The summed E-state index contributed by atoms with van der Waals surface area (Å²) in [6, 6.07) is 5.82. The molecule has 0 spiro atoms. The molecular weight excluding hydrogens is 435 g/mol. The standard InChI is InChI=1S/C21H23FN6O3S/c1-2-23-19(30)13-7-9-27(10-8-13)21-26-18-17(32-21)20(31)28(12-24-18)11-16(29)25-15-6-4-3-5-14(15)22/h3-6,12-13H,2,7-11H2,1H3,(H,23,30)(H,25,29). The Kier molecular flexibility index (Phi) is 6.45. The minimum atomic E-state index is -0.551. The highest BCUT2D eigenvalue weighted by molar-refractivity contribution is 7.22. The van der Waals surface area contributed by atoms with Gasteiger partial charge in [0.05, 0.1) is 5.69 Å². The number of hydrogen-bond donors (Lipinski definition) is 2. The van der Waals surface area contributed by atoms with Crippen LogP contribution in [0.4, 0.5) is 15.2 Å². The van der Waals surface area contributed by atoms with Crippen LogP contribution in [0.2, 0.25) is 0 Å². The van der Waals surface area contributed by atoms with E-state index in [1.54, 1.807) is 6.07 Å². The number of carbonyl (C=O) groups excluding carboxylic acids is 2. The third kappa shape index (κ3) is 4.62. The fourth-order valence-corrected chi connectivity index (χ4v) is 4.66. The first-order chi connectivity index (χ1) is 15.5. The van der Waals surface area contributed by atoms with Crippen LogP contribution in [0, 0.1) is 11.7 Å². The summed E-state index contributed by atoms with van der Waals surface area (Å²) in [5, 5.41) is 5.99. The molecule has 4 rings (SSSR count). The van der Waals surface area contributed by atoms with Crippen LogP contribution >= 0.6 is 11.3 Å². The zero-order valence-electron chi connectivity index (χ0n) is 17.5. The second kappa shape index (κ2) is 9.43. The van der Waals surface area contributed by atoms with Gasteiger partial charge in [0.1, 0.15) is 23.4 Å². The summed E-state index contributed by atoms with van der Waals surface area (Å²) in [6.07, 6.45) is 2.71. The highest BCUT2D eigenvalue weighted by Gasteiger charge is 2.26. The number of piperidine rings is 1. The summed E-state index contributed by atoms with van der Waals surface area (Å²) in [5.41, 5.74) is 0.00179. The van der Waals surface area contributed by atoms with Crippen molar-refractivity contribution in [1.82, 2.24) is 19.9 Å². The summed E-state index contributed by atoms with van der Waals surface area (Å²) < 4.78 is 15.3. The number of para-hydroxylation sites is 1. The zero-order valence-corrected chi connectivity index (χ0v) is 18.3. The monoisotopic (exact) mass is 458 g/mol. The van der Waals surface area contributed by atoms with Crippen molar-refractivity contribution in [1.29, 1.82) is 0 Å². The molecule has 1 aliphatic rings. The van der Waals surface area contributed by atoms with E-state index in [1.165, 1.54) is 40.4 Å². The van der Waals surface area contributed by atoms with Crippen molar-refractivity contribution in [3.05, 3.63) is 46.8 Å². The number of nitrogens with zero attached hydrogens (tertiary/aromatic N) is 4. The molecule has 0 bridgehead atoms. The van der Waals surface area contributed by atoms with E-state index in [1.807, 2.05) is 6.92 Å². The number of amides is 2. The number of fused-ring (bicyclic) bond motifs is 1. The van der Waals surface area contributed by atoms with Crippen LogP contribution < -0.4 is 21.1 Å². The Morgan fingerprint density at radius 1 is 1.25 bits per heavy atom. The average molecular weight is 459 g/mol. The van der Waals surface area contributed by atoms with Gasteiger partial charge < -0.3 is 15.5 Å². The molecule has 168 valence electrons. The van der Waals surface area contributed by atoms with E-state index in [0.717, 1.165) is 12.8 Å². The summed E-state index contributed by atoms with van der Waals surface area (Å²) in [4.78, 5) is 47.9. The van der Waals surface area contributed by atoms with Gasteiger partial charge in [-0.05, 0) is 31.9 Å². The van der Waals surface area contributed by atoms with Crippen LogP contribution in [0.25, 0.3) is 10.3 Å². The van der Waals surface area contributed by atoms with Gasteiger partial charge in [0.15, 0.2) is 10.8 Å². The normalized spacial score (nSPS) is 14.5. The fraction of sp³-hybridized carbons (Fsp3) is 0.381. The largest absolute Gasteiger partial charge is 0.356 e. The predicted octanol–water partition coefficient (Wildman–Crippen LogP) is 1.98. The molecule has 3 heterocycles. The fourth-order valence-electron chi connectivity index (χ4n) is 3.64. The van der Waals surface area contributed by atoms with E-state index in [0.29, 0.717) is 35.1 Å². The Labute approximate surface area is 187 Å². The molecular formula is C21H23FN6O3S. The van der Waals surface area contributed by atoms with Gasteiger partial charge in [0.25, 0.3) is 5.56 Å². The second-order valence-electron chi connectivity index (χ2n) is 7.51. The molecule has 2 amide bonds. The number of benzene rings is 1. The van der Waals surface area contributed by atoms with E-state index in [-0.39, 0.29) is 29.6 Å². The van der Waals surface area contributed by atoms with Gasteiger partial charge in [-0.15, -0.1) is 0 Å². The molecule has 1 aliphatic heterocycles. The SMILES string of the molecule is CCNC(=O)C1CCN(c2nc3ncn(CC(=O)Nc4ccccc4F)c(=O)c3s2)CC1. The van der Waals surface area contributed by atoms with Crippen LogP contribution in [0.1, 0.15) is 19.8 Å². The minimum absolute atomic E-state index is 0.0103. The maximum absolute atomic E-state index is 13.7. The Morgan fingerprint density at radius 2 is 2.00 bits per heavy atom. The summed E-state index contributed by atoms with van der Waals surface area (Å²) in [5.74, 6) is -1.01. The van der Waals surface area contributed by atoms with Crippen LogP contribution in [0.5, 0.6) is 0 Å². The van der Waals surface area contributed by atoms with Gasteiger partial charge in [-0.3, -0.25) is 19.0 Å². The van der Waals surface area contributed by atoms with Gasteiger partial charge in [-0.25, -0.2) is 9.37 Å². The van der Waals surface area contributed by atoms with E-state index in [9.17, 15) is 18.8 Å². The number of carbonyl (C=O) groups is 2. The first-order valence-electron chi connectivity index (χ1n) is 10.4. The molecule has 9 nitrogen and oxygen atoms in total. The number of halogens is 1. The summed E-state index contributed by atoms with van der Waals surface area (Å²) >= 11 is 1.22. The highest BCUT2D eigenvalue weighted by atomic mass is 32.1. The molecule has 0 aliphatic carbocycles. The molecule has 11 heteroatoms. The smallest absolute Gasteiger partial charge is 0.273 e. The third-order valence-corrected chi connectivity index (χ3v) is 6.42. The molecule has 0 unspecified atom stereocenters. The molecule has 1 saturated heterocycles. The Bertz CT molecular complexity index is 1200. The van der Waals surface area contributed by atoms with Crippen molar-refractivity contribution in [2.75, 3.05) is 29.9 Å². The molecule has 1 aromatic carbocycles. The van der Waals surface area contributed by atoms with Crippen molar-refractivity contribution in [2.24, 2.45) is 5.92 Å². The first kappa shape index (κ1) is 21.9. The van der Waals surface area contributed by atoms with Gasteiger partial charge in [0.2, 0.25) is 11.8 Å². The van der Waals surface area contributed by atoms with Gasteiger partial charge in [-0.2, -0.15) is 4.98 Å². The lowest BCUT2D eigenvalue weighted by molar-refractivity contribution is -0.125. The van der Waals surface area contributed by atoms with Crippen molar-refractivity contribution in [3.63, 3.8) is 0 Å². The lowest BCUT2D eigenvalue weighted by Crippen LogP contribution is -2.40. The van der Waals surface area contributed by atoms with Crippen LogP contribution in [-0.2, 0) is 16.1 Å². The molecule has 32 heavy (non-hydrogen) atoms. The second-order valence-corrected chi connectivity index (χ2v) is 8.49. The van der Waals surface area contributed by atoms with Crippen LogP contribution in [0.15, 0.2) is 35.4 Å². The van der Waals surface area contributed by atoms with Crippen molar-refractivity contribution in [2.45, 2.75) is 26.3 Å². The van der Waals surface area contributed by atoms with Crippen LogP contribution in [0.3, 0.4) is 0 Å². The molecule has 2 aromatic heterocycles. The summed E-state index contributed by atoms with van der Waals surface area (Å²) in [7, 11) is 0. The summed E-state index contributed by atoms with van der Waals surface area (Å²) in [6.45, 7) is 3.56. The Hall–Kier alpha value is -3.34. The maximum atomic E-state index is 13.7. The maximum Gasteiger partial charge on any atom is 0.273 e. The molecule has 0 saturated carbocycles. The Morgan fingerprint density at radius 3 is 2.72 bits per heavy atom. The molecule has 1 fully saturated rings. The molecule has 0 radical (unpaired) electrons. The quantitative estimate of drug-likeness (QED) is 0.585. The lowest BCUT2D eigenvalue weighted by Gasteiger charge is -2.30. The van der Waals surface area contributed by atoms with E-state index in [2.05, 4.69) is 25.5 Å². The number of rotatable bonds is 6. The van der Waals surface area contributed by atoms with Gasteiger partial charge in [-0.1, -0.05) is 23.5 Å². The number of anilines is 2.